The molecule has 11 heteroatoms. The van der Waals surface area contributed by atoms with Crippen LogP contribution in [0.2, 0.25) is 0 Å². The number of benzene rings is 3. The van der Waals surface area contributed by atoms with Gasteiger partial charge in [-0.1, -0.05) is 36.4 Å². The molecule has 1 atom stereocenters. The lowest BCUT2D eigenvalue weighted by Crippen LogP contribution is -2.30. The first-order valence-corrected chi connectivity index (χ1v) is 12.5. The van der Waals surface area contributed by atoms with Gasteiger partial charge < -0.3 is 15.0 Å². The molecule has 0 bridgehead atoms. The molecule has 40 heavy (non-hydrogen) atoms. The predicted octanol–water partition coefficient (Wildman–Crippen LogP) is 7.72. The Labute approximate surface area is 235 Å². The molecule has 0 aromatic heterocycles. The lowest BCUT2D eigenvalue weighted by molar-refractivity contribution is -0.162. The molecular formula is C29H31ClF6N2O2. The van der Waals surface area contributed by atoms with Crippen molar-refractivity contribution < 1.29 is 35.9 Å². The summed E-state index contributed by atoms with van der Waals surface area (Å²) in [5.74, 6) is -0.638. The van der Waals surface area contributed by atoms with Crippen LogP contribution in [0.15, 0.2) is 72.8 Å². The molecule has 0 heterocycles. The number of nitrogens with zero attached hydrogens (tertiary/aromatic N) is 1. The van der Waals surface area contributed by atoms with Gasteiger partial charge in [-0.2, -0.15) is 26.3 Å². The highest BCUT2D eigenvalue weighted by Crippen LogP contribution is 2.40. The monoisotopic (exact) mass is 588 g/mol. The summed E-state index contributed by atoms with van der Waals surface area (Å²) in [5, 5.41) is 2.87. The van der Waals surface area contributed by atoms with E-state index in [2.05, 4.69) is 10.2 Å². The summed E-state index contributed by atoms with van der Waals surface area (Å²) >= 11 is 0. The van der Waals surface area contributed by atoms with Gasteiger partial charge in [-0.15, -0.1) is 12.4 Å². The molecule has 0 radical (unpaired) electrons. The topological polar surface area (TPSA) is 41.6 Å². The number of amides is 1. The second-order valence-corrected chi connectivity index (χ2v) is 8.93. The average Bonchev–Trinajstić information content (AvgIpc) is 2.91. The summed E-state index contributed by atoms with van der Waals surface area (Å²) in [4.78, 5) is 14.9. The number of rotatable bonds is 11. The molecule has 3 aromatic rings. The first-order valence-electron chi connectivity index (χ1n) is 12.5. The number of anilines is 1. The van der Waals surface area contributed by atoms with Crippen molar-refractivity contribution in [3.63, 3.8) is 0 Å². The minimum atomic E-state index is -5.17. The van der Waals surface area contributed by atoms with E-state index >= 15 is 0 Å². The molecule has 218 valence electrons. The van der Waals surface area contributed by atoms with Crippen molar-refractivity contribution in [2.24, 2.45) is 0 Å². The Morgan fingerprint density at radius 3 is 2.00 bits per heavy atom. The van der Waals surface area contributed by atoms with Gasteiger partial charge in [0.2, 0.25) is 0 Å². The van der Waals surface area contributed by atoms with Gasteiger partial charge in [0.25, 0.3) is 5.91 Å². The molecule has 0 aliphatic rings. The van der Waals surface area contributed by atoms with Gasteiger partial charge in [0.05, 0.1) is 24.3 Å². The van der Waals surface area contributed by atoms with Crippen molar-refractivity contribution >= 4 is 24.0 Å². The van der Waals surface area contributed by atoms with E-state index in [9.17, 15) is 31.1 Å². The van der Waals surface area contributed by atoms with Crippen LogP contribution in [0.5, 0.6) is 0 Å². The molecule has 0 saturated heterocycles. The van der Waals surface area contributed by atoms with E-state index in [0.29, 0.717) is 17.7 Å². The summed E-state index contributed by atoms with van der Waals surface area (Å²) in [5.41, 5.74) is -1.23. The summed E-state index contributed by atoms with van der Waals surface area (Å²) < 4.78 is 84.6. The van der Waals surface area contributed by atoms with Gasteiger partial charge in [-0.05, 0) is 61.4 Å². The van der Waals surface area contributed by atoms with E-state index in [1.807, 2.05) is 56.3 Å². The van der Waals surface area contributed by atoms with Gasteiger partial charge in [0.1, 0.15) is 0 Å². The number of carbonyl (C=O) groups excluding carboxylic acids is 1. The molecule has 1 unspecified atom stereocenters. The summed E-state index contributed by atoms with van der Waals surface area (Å²) in [7, 11) is 0. The van der Waals surface area contributed by atoms with Gasteiger partial charge in [0, 0.05) is 36.8 Å². The van der Waals surface area contributed by atoms with E-state index in [4.69, 9.17) is 4.74 Å². The van der Waals surface area contributed by atoms with Crippen LogP contribution in [0.25, 0.3) is 0 Å². The van der Waals surface area contributed by atoms with E-state index in [1.165, 1.54) is 0 Å². The van der Waals surface area contributed by atoms with Crippen molar-refractivity contribution in [2.45, 2.75) is 38.7 Å². The van der Waals surface area contributed by atoms with Crippen LogP contribution >= 0.6 is 12.4 Å². The van der Waals surface area contributed by atoms with Crippen LogP contribution in [0.4, 0.5) is 32.0 Å². The molecule has 4 nitrogen and oxygen atoms in total. The number of hydrogen-bond donors (Lipinski definition) is 1. The molecular weight excluding hydrogens is 558 g/mol. The zero-order chi connectivity index (χ0) is 28.6. The van der Waals surface area contributed by atoms with Crippen molar-refractivity contribution in [1.82, 2.24) is 5.32 Å². The molecule has 0 aliphatic carbocycles. The highest BCUT2D eigenvalue weighted by molar-refractivity contribution is 5.94. The fourth-order valence-electron chi connectivity index (χ4n) is 4.21. The molecule has 0 fully saturated rings. The Morgan fingerprint density at radius 2 is 1.45 bits per heavy atom. The number of alkyl halides is 6. The third-order valence-electron chi connectivity index (χ3n) is 6.32. The first-order chi connectivity index (χ1) is 18.4. The fourth-order valence-corrected chi connectivity index (χ4v) is 4.21. The number of hydrogen-bond acceptors (Lipinski definition) is 3. The van der Waals surface area contributed by atoms with Gasteiger partial charge >= 0.3 is 12.4 Å². The van der Waals surface area contributed by atoms with Crippen molar-refractivity contribution in [1.29, 1.82) is 0 Å². The summed E-state index contributed by atoms with van der Waals surface area (Å²) in [6, 6.07) is 18.2. The third kappa shape index (κ3) is 8.89. The molecule has 0 spiro atoms. The Hall–Kier alpha value is -3.24. The third-order valence-corrected chi connectivity index (χ3v) is 6.32. The zero-order valence-electron chi connectivity index (χ0n) is 22.0. The van der Waals surface area contributed by atoms with Crippen LogP contribution in [0.1, 0.15) is 52.4 Å². The largest absolute Gasteiger partial charge is 0.417 e. The maximum Gasteiger partial charge on any atom is 0.417 e. The summed E-state index contributed by atoms with van der Waals surface area (Å²) in [6.45, 7) is 5.64. The van der Waals surface area contributed by atoms with Crippen LogP contribution in [0, 0.1) is 0 Å². The summed E-state index contributed by atoms with van der Waals surface area (Å²) in [6.07, 6.45) is -10.3. The predicted molar refractivity (Wildman–Crippen MR) is 145 cm³/mol. The normalized spacial score (nSPS) is 12.4. The number of carbonyl (C=O) groups is 1. The molecule has 0 saturated carbocycles. The minimum Gasteiger partial charge on any atom is -0.376 e. The Balaban J connectivity index is 0.00000560. The highest BCUT2D eigenvalue weighted by Gasteiger charge is 2.43. The minimum absolute atomic E-state index is 0. The zero-order valence-corrected chi connectivity index (χ0v) is 22.8. The fraction of sp³-hybridized carbons (Fsp3) is 0.345. The molecule has 1 N–H and O–H groups in total. The van der Waals surface area contributed by atoms with E-state index < -0.39 is 23.5 Å². The van der Waals surface area contributed by atoms with E-state index in [-0.39, 0.29) is 49.6 Å². The molecule has 3 rings (SSSR count). The van der Waals surface area contributed by atoms with Gasteiger partial charge in [-0.25, -0.2) is 0 Å². The van der Waals surface area contributed by atoms with Gasteiger partial charge in [0.15, 0.2) is 0 Å². The van der Waals surface area contributed by atoms with Crippen LogP contribution in [-0.2, 0) is 23.7 Å². The molecule has 1 amide bonds. The second-order valence-electron chi connectivity index (χ2n) is 8.93. The number of ether oxygens (including phenoxy) is 1. The average molecular weight is 589 g/mol. The van der Waals surface area contributed by atoms with Crippen LogP contribution < -0.4 is 10.2 Å². The standard InChI is InChI=1S/C29H30F6N2O2.ClH/c1-3-37(4-2)24-13-11-22(12-14-24)27(38)36-17-23(21-8-6-5-7-9-21)19-39-18-20-10-15-25(28(30,31)32)26(16-20)29(33,34)35;/h5-16,23H,3-4,17-19H2,1-2H3,(H,36,38);1H. The second kappa shape index (κ2) is 14.4. The van der Waals surface area contributed by atoms with Crippen molar-refractivity contribution in [3.8, 4) is 0 Å². The smallest absolute Gasteiger partial charge is 0.376 e. The maximum atomic E-state index is 13.3. The van der Waals surface area contributed by atoms with E-state index in [0.717, 1.165) is 30.4 Å². The highest BCUT2D eigenvalue weighted by atomic mass is 35.5. The first kappa shape index (κ1) is 33.0. The Kier molecular flexibility index (Phi) is 11.9. The Bertz CT molecular complexity index is 1210. The molecule has 3 aromatic carbocycles. The molecule has 0 aliphatic heterocycles. The van der Waals surface area contributed by atoms with Crippen molar-refractivity contribution in [3.05, 3.63) is 101 Å². The SMILES string of the molecule is CCN(CC)c1ccc(C(=O)NCC(COCc2ccc(C(F)(F)F)c(C(F)(F)F)c2)c2ccccc2)cc1.Cl. The Morgan fingerprint density at radius 1 is 0.850 bits per heavy atom. The van der Waals surface area contributed by atoms with Gasteiger partial charge in [-0.3, -0.25) is 4.79 Å². The van der Waals surface area contributed by atoms with Crippen LogP contribution in [0.3, 0.4) is 0 Å². The van der Waals surface area contributed by atoms with Crippen molar-refractivity contribution in [2.75, 3.05) is 31.1 Å². The lowest BCUT2D eigenvalue weighted by Gasteiger charge is -2.21. The quantitative estimate of drug-likeness (QED) is 0.233. The van der Waals surface area contributed by atoms with E-state index in [1.54, 1.807) is 12.1 Å². The van der Waals surface area contributed by atoms with Crippen LogP contribution in [-0.4, -0.2) is 32.1 Å². The lowest BCUT2D eigenvalue weighted by atomic mass is 9.99. The number of halogens is 7. The maximum absolute atomic E-state index is 13.3. The number of nitrogens with one attached hydrogen (secondary N) is 1.